The normalized spacial score (nSPS) is 18.3. The average Bonchev–Trinajstić information content (AvgIpc) is 3.12. The summed E-state index contributed by atoms with van der Waals surface area (Å²) in [6, 6.07) is 0. The van der Waals surface area contributed by atoms with E-state index in [9.17, 15) is 4.79 Å². The standard InChI is InChI=1S/C18H25ClOS4/c1-4-6-8-10-13-14(11-9-7-5-2)23-18(22-13)17-21-12(3)15(24-17)16(19)20/h4-11H2,1-3H3. The van der Waals surface area contributed by atoms with E-state index in [4.69, 9.17) is 11.6 Å². The Morgan fingerprint density at radius 1 is 0.833 bits per heavy atom. The van der Waals surface area contributed by atoms with Crippen LogP contribution >= 0.6 is 58.6 Å². The lowest BCUT2D eigenvalue weighted by molar-refractivity contribution is -0.107. The van der Waals surface area contributed by atoms with Gasteiger partial charge in [-0.1, -0.05) is 86.6 Å². The van der Waals surface area contributed by atoms with Crippen molar-refractivity contribution in [3.8, 4) is 0 Å². The monoisotopic (exact) mass is 420 g/mol. The number of carbonyl (C=O) groups excluding carboxylic acids is 1. The van der Waals surface area contributed by atoms with E-state index in [0.717, 1.165) is 4.91 Å². The molecule has 0 aromatic heterocycles. The Labute approximate surface area is 168 Å². The third-order valence-corrected chi connectivity index (χ3v) is 10.1. The lowest BCUT2D eigenvalue weighted by atomic mass is 10.1. The first kappa shape index (κ1) is 20.9. The second kappa shape index (κ2) is 10.7. The van der Waals surface area contributed by atoms with Gasteiger partial charge >= 0.3 is 0 Å². The van der Waals surface area contributed by atoms with Gasteiger partial charge in [-0.3, -0.25) is 4.79 Å². The molecule has 0 aromatic carbocycles. The first-order valence-corrected chi connectivity index (χ1v) is 12.3. The molecule has 0 atom stereocenters. The highest BCUT2D eigenvalue weighted by Crippen LogP contribution is 2.61. The number of allylic oxidation sites excluding steroid dienone is 4. The van der Waals surface area contributed by atoms with Crippen LogP contribution in [0.1, 0.15) is 72.1 Å². The molecule has 0 bridgehead atoms. The summed E-state index contributed by atoms with van der Waals surface area (Å²) in [4.78, 5) is 16.4. The van der Waals surface area contributed by atoms with Crippen LogP contribution in [0.3, 0.4) is 0 Å². The highest BCUT2D eigenvalue weighted by atomic mass is 35.5. The van der Waals surface area contributed by atoms with Gasteiger partial charge in [0.2, 0.25) is 0 Å². The zero-order valence-corrected chi connectivity index (χ0v) is 18.6. The fourth-order valence-corrected chi connectivity index (χ4v) is 8.48. The molecular weight excluding hydrogens is 396 g/mol. The predicted octanol–water partition coefficient (Wildman–Crippen LogP) is 8.44. The molecule has 0 aliphatic carbocycles. The molecule has 0 radical (unpaired) electrons. The maximum absolute atomic E-state index is 11.5. The number of hydrogen-bond donors (Lipinski definition) is 0. The van der Waals surface area contributed by atoms with Crippen molar-refractivity contribution in [2.45, 2.75) is 72.1 Å². The molecule has 2 heterocycles. The molecule has 0 amide bonds. The van der Waals surface area contributed by atoms with Crippen molar-refractivity contribution in [2.24, 2.45) is 0 Å². The lowest BCUT2D eigenvalue weighted by Crippen LogP contribution is -1.85. The largest absolute Gasteiger partial charge is 0.275 e. The smallest absolute Gasteiger partial charge is 0.259 e. The quantitative estimate of drug-likeness (QED) is 0.274. The Bertz CT molecular complexity index is 554. The number of thioether (sulfide) groups is 4. The zero-order valence-electron chi connectivity index (χ0n) is 14.6. The van der Waals surface area contributed by atoms with Gasteiger partial charge < -0.3 is 0 Å². The van der Waals surface area contributed by atoms with E-state index in [0.29, 0.717) is 4.91 Å². The molecule has 2 aliphatic heterocycles. The molecule has 0 saturated heterocycles. The van der Waals surface area contributed by atoms with Crippen molar-refractivity contribution in [3.05, 3.63) is 28.1 Å². The number of rotatable bonds is 9. The first-order valence-electron chi connectivity index (χ1n) is 8.65. The van der Waals surface area contributed by atoms with Crippen LogP contribution in [-0.4, -0.2) is 5.24 Å². The van der Waals surface area contributed by atoms with Crippen molar-refractivity contribution in [1.29, 1.82) is 0 Å². The van der Waals surface area contributed by atoms with Crippen molar-refractivity contribution in [2.75, 3.05) is 0 Å². The summed E-state index contributed by atoms with van der Waals surface area (Å²) in [6.45, 7) is 6.50. The first-order chi connectivity index (χ1) is 11.6. The predicted molar refractivity (Wildman–Crippen MR) is 116 cm³/mol. The van der Waals surface area contributed by atoms with Crippen LogP contribution < -0.4 is 0 Å². The second-order valence-electron chi connectivity index (χ2n) is 5.90. The van der Waals surface area contributed by atoms with Gasteiger partial charge in [0.15, 0.2) is 0 Å². The fourth-order valence-electron chi connectivity index (χ4n) is 2.53. The Hall–Kier alpha value is 0.580. The SMILES string of the molecule is CCCCCC1=C(CCCCC)SC(=C2SC(C)=C(C(=O)Cl)S2)S1. The van der Waals surface area contributed by atoms with Crippen molar-refractivity contribution < 1.29 is 4.79 Å². The maximum Gasteiger partial charge on any atom is 0.259 e. The molecule has 0 aromatic rings. The Balaban J connectivity index is 2.06. The molecule has 0 unspecified atom stereocenters. The molecule has 2 aliphatic rings. The van der Waals surface area contributed by atoms with E-state index in [1.165, 1.54) is 59.8 Å². The Morgan fingerprint density at radius 2 is 1.33 bits per heavy atom. The van der Waals surface area contributed by atoms with Gasteiger partial charge in [-0.25, -0.2) is 0 Å². The van der Waals surface area contributed by atoms with Crippen LogP contribution in [0, 0.1) is 0 Å². The number of carbonyl (C=O) groups is 1. The molecular formula is C18H25ClOS4. The molecule has 134 valence electrons. The van der Waals surface area contributed by atoms with E-state index in [1.54, 1.807) is 33.3 Å². The third kappa shape index (κ3) is 5.80. The summed E-state index contributed by atoms with van der Waals surface area (Å²) < 4.78 is 2.60. The lowest BCUT2D eigenvalue weighted by Gasteiger charge is -2.04. The van der Waals surface area contributed by atoms with Gasteiger partial charge in [0.1, 0.15) is 0 Å². The second-order valence-corrected chi connectivity index (χ2v) is 11.2. The van der Waals surface area contributed by atoms with Crippen LogP contribution in [0.4, 0.5) is 0 Å². The van der Waals surface area contributed by atoms with Crippen LogP contribution in [0.5, 0.6) is 0 Å². The van der Waals surface area contributed by atoms with E-state index in [-0.39, 0.29) is 5.24 Å². The van der Waals surface area contributed by atoms with Crippen molar-refractivity contribution in [3.63, 3.8) is 0 Å². The van der Waals surface area contributed by atoms with Gasteiger partial charge in [0.05, 0.1) is 13.4 Å². The van der Waals surface area contributed by atoms with Crippen LogP contribution in [0.15, 0.2) is 28.1 Å². The minimum Gasteiger partial charge on any atom is -0.275 e. The molecule has 2 rings (SSSR count). The minimum atomic E-state index is -0.326. The van der Waals surface area contributed by atoms with E-state index in [2.05, 4.69) is 13.8 Å². The number of unbranched alkanes of at least 4 members (excludes halogenated alkanes) is 4. The Morgan fingerprint density at radius 3 is 1.75 bits per heavy atom. The highest BCUT2D eigenvalue weighted by molar-refractivity contribution is 8.34. The molecule has 6 heteroatoms. The summed E-state index contributed by atoms with van der Waals surface area (Å²) in [7, 11) is 0. The molecule has 0 spiro atoms. The third-order valence-electron chi connectivity index (χ3n) is 3.86. The van der Waals surface area contributed by atoms with E-state index >= 15 is 0 Å². The van der Waals surface area contributed by atoms with Crippen LogP contribution in [0.2, 0.25) is 0 Å². The average molecular weight is 421 g/mol. The molecule has 24 heavy (non-hydrogen) atoms. The summed E-state index contributed by atoms with van der Waals surface area (Å²) in [5, 5.41) is -0.326. The Kier molecular flexibility index (Phi) is 9.28. The fraction of sp³-hybridized carbons (Fsp3) is 0.611. The van der Waals surface area contributed by atoms with Gasteiger partial charge in [-0.05, 0) is 44.2 Å². The van der Waals surface area contributed by atoms with Crippen molar-refractivity contribution in [1.82, 2.24) is 0 Å². The number of hydrogen-bond acceptors (Lipinski definition) is 5. The molecule has 0 fully saturated rings. The van der Waals surface area contributed by atoms with Gasteiger partial charge in [0, 0.05) is 14.7 Å². The molecule has 1 nitrogen and oxygen atoms in total. The van der Waals surface area contributed by atoms with E-state index < -0.39 is 0 Å². The topological polar surface area (TPSA) is 17.1 Å². The van der Waals surface area contributed by atoms with Gasteiger partial charge in [0.25, 0.3) is 5.24 Å². The van der Waals surface area contributed by atoms with Crippen molar-refractivity contribution >= 4 is 63.9 Å². The summed E-state index contributed by atoms with van der Waals surface area (Å²) in [5.41, 5.74) is 0. The number of halogens is 1. The summed E-state index contributed by atoms with van der Waals surface area (Å²) in [5.74, 6) is 0. The minimum absolute atomic E-state index is 0.326. The molecule has 0 N–H and O–H groups in total. The summed E-state index contributed by atoms with van der Waals surface area (Å²) >= 11 is 12.8. The highest BCUT2D eigenvalue weighted by Gasteiger charge is 2.29. The summed E-state index contributed by atoms with van der Waals surface area (Å²) in [6.07, 6.45) is 10.1. The van der Waals surface area contributed by atoms with Gasteiger partial charge in [-0.15, -0.1) is 0 Å². The molecule has 0 saturated carbocycles. The van der Waals surface area contributed by atoms with Gasteiger partial charge in [-0.2, -0.15) is 0 Å². The van der Waals surface area contributed by atoms with Crippen LogP contribution in [0.25, 0.3) is 0 Å². The maximum atomic E-state index is 11.5. The zero-order chi connectivity index (χ0) is 17.5. The van der Waals surface area contributed by atoms with E-state index in [1.807, 2.05) is 30.4 Å². The van der Waals surface area contributed by atoms with Crippen LogP contribution in [-0.2, 0) is 4.79 Å².